The predicted octanol–water partition coefficient (Wildman–Crippen LogP) is 2.92. The lowest BCUT2D eigenvalue weighted by molar-refractivity contribution is -0.126. The fourth-order valence-corrected chi connectivity index (χ4v) is 3.31. The molecule has 2 aromatic carbocycles. The predicted molar refractivity (Wildman–Crippen MR) is 84.3 cm³/mol. The Balaban J connectivity index is 2.13. The lowest BCUT2D eigenvalue weighted by atomic mass is 9.91. The normalized spacial score (nSPS) is 22.1. The molecule has 1 saturated heterocycles. The number of amides is 1. The van der Waals surface area contributed by atoms with E-state index in [4.69, 9.17) is 4.74 Å². The summed E-state index contributed by atoms with van der Waals surface area (Å²) in [6.07, 6.45) is 0.113. The summed E-state index contributed by atoms with van der Waals surface area (Å²) in [6.45, 7) is 0. The third-order valence-electron chi connectivity index (χ3n) is 3.84. The van der Waals surface area contributed by atoms with Gasteiger partial charge in [-0.25, -0.2) is 0 Å². The zero-order valence-corrected chi connectivity index (χ0v) is 13.2. The van der Waals surface area contributed by atoms with E-state index in [1.165, 1.54) is 0 Å². The van der Waals surface area contributed by atoms with Gasteiger partial charge in [0.25, 0.3) is 0 Å². The molecule has 1 aliphatic rings. The Kier molecular flexibility index (Phi) is 3.87. The molecule has 3 rings (SSSR count). The van der Waals surface area contributed by atoms with Crippen molar-refractivity contribution in [2.24, 2.45) is 0 Å². The monoisotopic (exact) mass is 349 g/mol. The van der Waals surface area contributed by atoms with E-state index in [0.717, 1.165) is 26.6 Å². The van der Waals surface area contributed by atoms with Gasteiger partial charge in [-0.3, -0.25) is 4.79 Å². The number of aliphatic hydroxyl groups excluding tert-OH is 1. The molecule has 0 spiro atoms. The number of carbonyl (C=O) groups is 1. The third kappa shape index (κ3) is 2.76. The minimum Gasteiger partial charge on any atom is -0.497 e. The molecule has 1 aliphatic heterocycles. The van der Waals surface area contributed by atoms with Crippen LogP contribution in [0, 0.1) is 0 Å². The number of nitrogens with one attached hydrogen (secondary N) is 1. The highest BCUT2D eigenvalue weighted by Crippen LogP contribution is 2.35. The zero-order valence-electron chi connectivity index (χ0n) is 11.6. The summed E-state index contributed by atoms with van der Waals surface area (Å²) in [7, 11) is 1.63. The number of piperidine rings is 1. The van der Waals surface area contributed by atoms with Gasteiger partial charge in [-0.05, 0) is 47.0 Å². The molecule has 0 bridgehead atoms. The average Bonchev–Trinajstić information content (AvgIpc) is 2.46. The number of hydrogen-bond acceptors (Lipinski definition) is 3. The highest BCUT2D eigenvalue weighted by atomic mass is 79.9. The van der Waals surface area contributed by atoms with Gasteiger partial charge in [0.1, 0.15) is 5.75 Å². The van der Waals surface area contributed by atoms with Crippen LogP contribution in [0.1, 0.15) is 24.4 Å². The molecule has 2 unspecified atom stereocenters. The van der Waals surface area contributed by atoms with Crippen LogP contribution >= 0.6 is 15.9 Å². The molecule has 0 aromatic heterocycles. The maximum Gasteiger partial charge on any atom is 0.223 e. The summed E-state index contributed by atoms with van der Waals surface area (Å²) in [6, 6.07) is 9.63. The van der Waals surface area contributed by atoms with Crippen molar-refractivity contribution in [3.05, 3.63) is 40.4 Å². The van der Waals surface area contributed by atoms with Crippen molar-refractivity contribution in [1.29, 1.82) is 0 Å². The van der Waals surface area contributed by atoms with Crippen LogP contribution in [-0.4, -0.2) is 24.2 Å². The third-order valence-corrected chi connectivity index (χ3v) is 4.54. The Labute approximate surface area is 131 Å². The van der Waals surface area contributed by atoms with E-state index in [-0.39, 0.29) is 18.4 Å². The average molecular weight is 350 g/mol. The van der Waals surface area contributed by atoms with E-state index >= 15 is 0 Å². The van der Waals surface area contributed by atoms with Crippen LogP contribution in [0.4, 0.5) is 0 Å². The summed E-state index contributed by atoms with van der Waals surface area (Å²) in [5, 5.41) is 14.9. The zero-order chi connectivity index (χ0) is 15.0. The van der Waals surface area contributed by atoms with Crippen molar-refractivity contribution in [3.8, 4) is 5.75 Å². The molecule has 0 aliphatic carbocycles. The second kappa shape index (κ2) is 5.66. The molecular formula is C16H16BrNO3. The first-order chi connectivity index (χ1) is 10.1. The standard InChI is InChI=1S/C16H16BrNO3/c1-21-10-2-3-11-13(8-10)12(4-5-14(11)17)15-6-9(19)7-16(20)18-15/h2-5,8-9,15,19H,6-7H2,1H3,(H,18,20). The van der Waals surface area contributed by atoms with E-state index < -0.39 is 6.10 Å². The molecule has 2 N–H and O–H groups in total. The Morgan fingerprint density at radius 2 is 2.10 bits per heavy atom. The number of benzene rings is 2. The molecule has 1 heterocycles. The Morgan fingerprint density at radius 3 is 2.81 bits per heavy atom. The quantitative estimate of drug-likeness (QED) is 0.876. The van der Waals surface area contributed by atoms with Crippen molar-refractivity contribution in [1.82, 2.24) is 5.32 Å². The maximum absolute atomic E-state index is 11.7. The van der Waals surface area contributed by atoms with E-state index in [2.05, 4.69) is 21.2 Å². The number of carbonyl (C=O) groups excluding carboxylic acids is 1. The SMILES string of the molecule is COc1ccc2c(Br)ccc(C3CC(O)CC(=O)N3)c2c1. The highest BCUT2D eigenvalue weighted by Gasteiger charge is 2.27. The fourth-order valence-electron chi connectivity index (χ4n) is 2.83. The number of rotatable bonds is 2. The highest BCUT2D eigenvalue weighted by molar-refractivity contribution is 9.10. The first-order valence-electron chi connectivity index (χ1n) is 6.82. The van der Waals surface area contributed by atoms with Gasteiger partial charge in [-0.2, -0.15) is 0 Å². The topological polar surface area (TPSA) is 58.6 Å². The molecule has 0 radical (unpaired) electrons. The van der Waals surface area contributed by atoms with Gasteiger partial charge in [0, 0.05) is 4.47 Å². The lowest BCUT2D eigenvalue weighted by Gasteiger charge is -2.28. The molecule has 4 nitrogen and oxygen atoms in total. The molecule has 2 atom stereocenters. The summed E-state index contributed by atoms with van der Waals surface area (Å²) < 4.78 is 6.29. The molecule has 21 heavy (non-hydrogen) atoms. The van der Waals surface area contributed by atoms with Crippen LogP contribution in [0.25, 0.3) is 10.8 Å². The number of hydrogen-bond donors (Lipinski definition) is 2. The largest absolute Gasteiger partial charge is 0.497 e. The number of aliphatic hydroxyl groups is 1. The van der Waals surface area contributed by atoms with Gasteiger partial charge in [0.05, 0.1) is 25.7 Å². The van der Waals surface area contributed by atoms with Crippen LogP contribution < -0.4 is 10.1 Å². The van der Waals surface area contributed by atoms with Crippen LogP contribution in [0.2, 0.25) is 0 Å². The molecule has 0 saturated carbocycles. The number of fused-ring (bicyclic) bond motifs is 1. The van der Waals surface area contributed by atoms with E-state index in [1.54, 1.807) is 7.11 Å². The minimum absolute atomic E-state index is 0.113. The van der Waals surface area contributed by atoms with Crippen molar-refractivity contribution >= 4 is 32.6 Å². The molecule has 2 aromatic rings. The molecular weight excluding hydrogens is 334 g/mol. The van der Waals surface area contributed by atoms with E-state index in [0.29, 0.717) is 6.42 Å². The van der Waals surface area contributed by atoms with Crippen molar-refractivity contribution in [2.45, 2.75) is 25.0 Å². The second-order valence-electron chi connectivity index (χ2n) is 5.26. The molecule has 110 valence electrons. The van der Waals surface area contributed by atoms with Gasteiger partial charge in [0.15, 0.2) is 0 Å². The summed E-state index contributed by atoms with van der Waals surface area (Å²) in [5.41, 5.74) is 0.999. The van der Waals surface area contributed by atoms with E-state index in [9.17, 15) is 9.90 Å². The van der Waals surface area contributed by atoms with Gasteiger partial charge in [-0.15, -0.1) is 0 Å². The van der Waals surface area contributed by atoms with E-state index in [1.807, 2.05) is 30.3 Å². The summed E-state index contributed by atoms with van der Waals surface area (Å²) in [5.74, 6) is 0.655. The van der Waals surface area contributed by atoms with Crippen molar-refractivity contribution in [3.63, 3.8) is 0 Å². The van der Waals surface area contributed by atoms with Crippen molar-refractivity contribution in [2.75, 3.05) is 7.11 Å². The molecule has 1 fully saturated rings. The fraction of sp³-hybridized carbons (Fsp3) is 0.312. The Bertz CT molecular complexity index is 701. The molecule has 1 amide bonds. The van der Waals surface area contributed by atoms with Crippen LogP contribution in [0.3, 0.4) is 0 Å². The Hall–Kier alpha value is -1.59. The number of ether oxygens (including phenoxy) is 1. The van der Waals surface area contributed by atoms with Gasteiger partial charge < -0.3 is 15.2 Å². The van der Waals surface area contributed by atoms with Gasteiger partial charge in [-0.1, -0.05) is 22.0 Å². The van der Waals surface area contributed by atoms with Gasteiger partial charge >= 0.3 is 0 Å². The minimum atomic E-state index is -0.590. The van der Waals surface area contributed by atoms with Crippen LogP contribution in [0.5, 0.6) is 5.75 Å². The smallest absolute Gasteiger partial charge is 0.223 e. The molecule has 5 heteroatoms. The first kappa shape index (κ1) is 14.4. The second-order valence-corrected chi connectivity index (χ2v) is 6.12. The summed E-state index contributed by atoms with van der Waals surface area (Å²) >= 11 is 3.55. The lowest BCUT2D eigenvalue weighted by Crippen LogP contribution is -2.39. The van der Waals surface area contributed by atoms with Crippen LogP contribution in [-0.2, 0) is 4.79 Å². The Morgan fingerprint density at radius 1 is 1.29 bits per heavy atom. The van der Waals surface area contributed by atoms with Gasteiger partial charge in [0.2, 0.25) is 5.91 Å². The van der Waals surface area contributed by atoms with Crippen molar-refractivity contribution < 1.29 is 14.6 Å². The summed E-state index contributed by atoms with van der Waals surface area (Å²) in [4.78, 5) is 11.7. The first-order valence-corrected chi connectivity index (χ1v) is 7.61. The number of methoxy groups -OCH3 is 1. The maximum atomic E-state index is 11.7. The van der Waals surface area contributed by atoms with Crippen LogP contribution in [0.15, 0.2) is 34.8 Å². The number of halogens is 1.